The Hall–Kier alpha value is -2.83. The predicted octanol–water partition coefficient (Wildman–Crippen LogP) is 1.95. The second kappa shape index (κ2) is 7.15. The first kappa shape index (κ1) is 20.4. The zero-order valence-electron chi connectivity index (χ0n) is 15.6. The maximum Gasteiger partial charge on any atom is 0.434 e. The van der Waals surface area contributed by atoms with Gasteiger partial charge < -0.3 is 20.6 Å². The molecule has 2 fully saturated rings. The quantitative estimate of drug-likeness (QED) is 0.711. The molecular weight excluding hydrogens is 413 g/mol. The molecule has 0 aromatic carbocycles. The van der Waals surface area contributed by atoms with Crippen molar-refractivity contribution in [2.75, 3.05) is 41.7 Å². The van der Waals surface area contributed by atoms with Gasteiger partial charge in [-0.15, -0.1) is 0 Å². The molecule has 8 nitrogen and oxygen atoms in total. The smallest absolute Gasteiger partial charge is 0.393 e. The number of nitrogens with zero attached hydrogens (tertiary/aromatic N) is 6. The Morgan fingerprint density at radius 2 is 1.73 bits per heavy atom. The van der Waals surface area contributed by atoms with E-state index in [0.717, 1.165) is 6.20 Å². The second-order valence-electron chi connectivity index (χ2n) is 7.33. The van der Waals surface area contributed by atoms with Gasteiger partial charge in [0.1, 0.15) is 5.82 Å². The van der Waals surface area contributed by atoms with Crippen LogP contribution in [0.2, 0.25) is 0 Å². The molecule has 4 rings (SSSR count). The Labute approximate surface area is 167 Å². The average Bonchev–Trinajstić information content (AvgIpc) is 2.65. The van der Waals surface area contributed by atoms with Crippen molar-refractivity contribution in [3.05, 3.63) is 18.0 Å². The fraction of sp³-hybridized carbons (Fsp3) is 0.529. The largest absolute Gasteiger partial charge is 0.434 e. The molecule has 4 heterocycles. The number of aliphatic hydroxyl groups is 1. The van der Waals surface area contributed by atoms with Crippen molar-refractivity contribution in [1.29, 1.82) is 0 Å². The molecule has 2 aromatic rings. The average molecular weight is 431 g/mol. The van der Waals surface area contributed by atoms with Gasteiger partial charge in [0.25, 0.3) is 5.92 Å². The van der Waals surface area contributed by atoms with Crippen LogP contribution in [0.1, 0.15) is 18.5 Å². The van der Waals surface area contributed by atoms with Gasteiger partial charge in [-0.25, -0.2) is 23.7 Å². The van der Waals surface area contributed by atoms with E-state index in [1.54, 1.807) is 4.90 Å². The van der Waals surface area contributed by atoms with Crippen molar-refractivity contribution >= 4 is 17.7 Å². The third-order valence-electron chi connectivity index (χ3n) is 4.97. The van der Waals surface area contributed by atoms with Gasteiger partial charge in [-0.3, -0.25) is 0 Å². The van der Waals surface area contributed by atoms with E-state index in [0.29, 0.717) is 25.9 Å². The van der Waals surface area contributed by atoms with Crippen molar-refractivity contribution in [3.8, 4) is 11.3 Å². The van der Waals surface area contributed by atoms with Gasteiger partial charge in [-0.05, 0) is 12.8 Å². The fourth-order valence-electron chi connectivity index (χ4n) is 3.40. The van der Waals surface area contributed by atoms with Gasteiger partial charge in [-0.1, -0.05) is 0 Å². The summed E-state index contributed by atoms with van der Waals surface area (Å²) in [4.78, 5) is 18.4. The van der Waals surface area contributed by atoms with Crippen LogP contribution < -0.4 is 15.5 Å². The van der Waals surface area contributed by atoms with Gasteiger partial charge in [0.2, 0.25) is 11.9 Å². The zero-order chi connectivity index (χ0) is 21.7. The number of nitrogens with two attached hydrogens (primary N) is 1. The first-order valence-corrected chi connectivity index (χ1v) is 9.17. The van der Waals surface area contributed by atoms with E-state index in [1.165, 1.54) is 11.0 Å². The second-order valence-corrected chi connectivity index (χ2v) is 7.33. The summed E-state index contributed by atoms with van der Waals surface area (Å²) in [5.74, 6) is -3.26. The highest BCUT2D eigenvalue weighted by molar-refractivity contribution is 5.68. The van der Waals surface area contributed by atoms with E-state index >= 15 is 0 Å². The Morgan fingerprint density at radius 1 is 1.07 bits per heavy atom. The number of piperidine rings is 1. The van der Waals surface area contributed by atoms with Crippen molar-refractivity contribution < 1.29 is 27.1 Å². The summed E-state index contributed by atoms with van der Waals surface area (Å²) in [5, 5.41) is 9.69. The number of hydrogen-bond acceptors (Lipinski definition) is 8. The molecule has 162 valence electrons. The minimum atomic E-state index is -4.82. The third-order valence-corrected chi connectivity index (χ3v) is 4.97. The van der Waals surface area contributed by atoms with Crippen LogP contribution in [-0.4, -0.2) is 63.2 Å². The van der Waals surface area contributed by atoms with E-state index in [4.69, 9.17) is 5.73 Å². The number of halogens is 5. The van der Waals surface area contributed by atoms with Crippen LogP contribution in [0.15, 0.2) is 12.3 Å². The van der Waals surface area contributed by atoms with Crippen LogP contribution in [-0.2, 0) is 6.18 Å². The van der Waals surface area contributed by atoms with Crippen LogP contribution >= 0.6 is 0 Å². The molecule has 0 atom stereocenters. The molecule has 3 N–H and O–H groups in total. The number of rotatable bonds is 3. The van der Waals surface area contributed by atoms with Gasteiger partial charge in [0, 0.05) is 30.9 Å². The van der Waals surface area contributed by atoms with E-state index < -0.39 is 48.5 Å². The standard InChI is InChI=1S/C17H18F5N7O/c18-16(19)7-29(8-16)12-5-11(10-6-24-14(23)27-13(10)17(20,21)22)25-15(26-12)28-3-1-9(30)2-4-28/h5-6,9,30H,1-4,7-8H2,(H2,23,24,27). The topological polar surface area (TPSA) is 104 Å². The van der Waals surface area contributed by atoms with Gasteiger partial charge in [0.15, 0.2) is 5.69 Å². The summed E-state index contributed by atoms with van der Waals surface area (Å²) < 4.78 is 67.2. The van der Waals surface area contributed by atoms with E-state index in [2.05, 4.69) is 19.9 Å². The molecule has 2 saturated heterocycles. The molecule has 2 aromatic heterocycles. The minimum Gasteiger partial charge on any atom is -0.393 e. The Bertz CT molecular complexity index is 939. The van der Waals surface area contributed by atoms with Gasteiger partial charge in [0.05, 0.1) is 24.9 Å². The summed E-state index contributed by atoms with van der Waals surface area (Å²) in [6, 6.07) is 1.21. The minimum absolute atomic E-state index is 0.0806. The van der Waals surface area contributed by atoms with Crippen LogP contribution in [0.3, 0.4) is 0 Å². The first-order chi connectivity index (χ1) is 14.0. The van der Waals surface area contributed by atoms with Crippen LogP contribution in [0.5, 0.6) is 0 Å². The van der Waals surface area contributed by atoms with Crippen molar-refractivity contribution in [3.63, 3.8) is 0 Å². The van der Waals surface area contributed by atoms with E-state index in [9.17, 15) is 27.1 Å². The number of aliphatic hydroxyl groups excluding tert-OH is 1. The van der Waals surface area contributed by atoms with Crippen molar-refractivity contribution in [2.45, 2.75) is 31.0 Å². The SMILES string of the molecule is Nc1ncc(-c2cc(N3CC(F)(F)C3)nc(N3CCC(O)CC3)n2)c(C(F)(F)F)n1. The molecule has 13 heteroatoms. The molecule has 0 spiro atoms. The van der Waals surface area contributed by atoms with E-state index in [-0.39, 0.29) is 17.5 Å². The number of hydrogen-bond donors (Lipinski definition) is 2. The Balaban J connectivity index is 1.79. The Kier molecular flexibility index (Phi) is 4.87. The molecular formula is C17H18F5N7O. The molecule has 0 aliphatic carbocycles. The summed E-state index contributed by atoms with van der Waals surface area (Å²) in [7, 11) is 0. The number of anilines is 3. The van der Waals surface area contributed by atoms with Crippen molar-refractivity contribution in [2.24, 2.45) is 0 Å². The monoisotopic (exact) mass is 431 g/mol. The molecule has 0 unspecified atom stereocenters. The van der Waals surface area contributed by atoms with Crippen molar-refractivity contribution in [1.82, 2.24) is 19.9 Å². The summed E-state index contributed by atoms with van der Waals surface area (Å²) >= 11 is 0. The molecule has 2 aliphatic heterocycles. The molecule has 0 radical (unpaired) electrons. The molecule has 2 aliphatic rings. The highest BCUT2D eigenvalue weighted by Gasteiger charge is 2.45. The highest BCUT2D eigenvalue weighted by Crippen LogP contribution is 2.38. The Morgan fingerprint density at radius 3 is 2.33 bits per heavy atom. The number of nitrogen functional groups attached to an aromatic ring is 1. The molecule has 0 amide bonds. The lowest BCUT2D eigenvalue weighted by atomic mass is 10.1. The predicted molar refractivity (Wildman–Crippen MR) is 97.1 cm³/mol. The fourth-order valence-corrected chi connectivity index (χ4v) is 3.40. The highest BCUT2D eigenvalue weighted by atomic mass is 19.4. The maximum atomic E-state index is 13.5. The van der Waals surface area contributed by atoms with Gasteiger partial charge in [-0.2, -0.15) is 18.2 Å². The molecule has 0 bridgehead atoms. The number of alkyl halides is 5. The lowest BCUT2D eigenvalue weighted by molar-refractivity contribution is -0.140. The van der Waals surface area contributed by atoms with E-state index in [1.807, 2.05) is 0 Å². The summed E-state index contributed by atoms with van der Waals surface area (Å²) in [6.45, 7) is -0.423. The lowest BCUT2D eigenvalue weighted by Gasteiger charge is -2.40. The number of aromatic nitrogens is 4. The van der Waals surface area contributed by atoms with Crippen LogP contribution in [0.4, 0.5) is 39.7 Å². The normalized spacial score (nSPS) is 19.7. The molecule has 0 saturated carbocycles. The van der Waals surface area contributed by atoms with Gasteiger partial charge >= 0.3 is 6.18 Å². The zero-order valence-corrected chi connectivity index (χ0v) is 15.6. The van der Waals surface area contributed by atoms with Crippen LogP contribution in [0, 0.1) is 0 Å². The summed E-state index contributed by atoms with van der Waals surface area (Å²) in [6.07, 6.45) is -3.53. The summed E-state index contributed by atoms with van der Waals surface area (Å²) in [5.41, 5.74) is 3.48. The van der Waals surface area contributed by atoms with Crippen LogP contribution in [0.25, 0.3) is 11.3 Å². The molecule has 30 heavy (non-hydrogen) atoms. The first-order valence-electron chi connectivity index (χ1n) is 9.17. The lowest BCUT2D eigenvalue weighted by Crippen LogP contribution is -2.56. The maximum absolute atomic E-state index is 13.5. The third kappa shape index (κ3) is 4.06.